The number of nitrogens with zero attached hydrogens (tertiary/aromatic N) is 2. The van der Waals surface area contributed by atoms with Gasteiger partial charge in [0.05, 0.1) is 24.2 Å². The molecule has 1 saturated heterocycles. The van der Waals surface area contributed by atoms with Gasteiger partial charge in [0.1, 0.15) is 11.8 Å². The van der Waals surface area contributed by atoms with Crippen molar-refractivity contribution in [3.8, 4) is 16.9 Å². The number of amides is 3. The Morgan fingerprint density at radius 2 is 2.00 bits per heavy atom. The van der Waals surface area contributed by atoms with E-state index in [1.807, 2.05) is 24.3 Å². The number of benzene rings is 2. The quantitative estimate of drug-likeness (QED) is 0.666. The zero-order chi connectivity index (χ0) is 20.1. The van der Waals surface area contributed by atoms with Crippen LogP contribution >= 0.6 is 0 Å². The Morgan fingerprint density at radius 1 is 1.14 bits per heavy atom. The molecule has 8 heteroatoms. The molecule has 3 heterocycles. The van der Waals surface area contributed by atoms with Crippen LogP contribution in [0.25, 0.3) is 22.0 Å². The highest BCUT2D eigenvalue weighted by atomic mass is 16.5. The van der Waals surface area contributed by atoms with E-state index >= 15 is 0 Å². The lowest BCUT2D eigenvalue weighted by Crippen LogP contribution is -2.52. The predicted octanol–water partition coefficient (Wildman–Crippen LogP) is 2.00. The summed E-state index contributed by atoms with van der Waals surface area (Å²) in [7, 11) is 1.62. The van der Waals surface area contributed by atoms with Gasteiger partial charge in [-0.1, -0.05) is 6.07 Å². The number of hydrogen-bond donors (Lipinski definition) is 2. The van der Waals surface area contributed by atoms with E-state index in [1.165, 1.54) is 0 Å². The van der Waals surface area contributed by atoms with Gasteiger partial charge in [-0.3, -0.25) is 24.8 Å². The fourth-order valence-corrected chi connectivity index (χ4v) is 4.11. The molecule has 2 aromatic carbocycles. The molecule has 146 valence electrons. The molecular weight excluding hydrogens is 372 g/mol. The smallest absolute Gasteiger partial charge is 0.255 e. The zero-order valence-electron chi connectivity index (χ0n) is 15.7. The fraction of sp³-hybridized carbons (Fsp3) is 0.238. The van der Waals surface area contributed by atoms with Gasteiger partial charge in [0.25, 0.3) is 5.91 Å². The molecule has 8 nitrogen and oxygen atoms in total. The second kappa shape index (κ2) is 6.44. The molecular formula is C21H18N4O4. The summed E-state index contributed by atoms with van der Waals surface area (Å²) in [6.07, 6.45) is 2.31. The first-order valence-electron chi connectivity index (χ1n) is 9.34. The number of fused-ring (bicyclic) bond motifs is 2. The third-order valence-electron chi connectivity index (χ3n) is 5.60. The molecule has 2 aliphatic rings. The monoisotopic (exact) mass is 390 g/mol. The number of aromatic nitrogens is 2. The second-order valence-corrected chi connectivity index (χ2v) is 7.28. The third kappa shape index (κ3) is 2.75. The summed E-state index contributed by atoms with van der Waals surface area (Å²) >= 11 is 0. The minimum atomic E-state index is -0.613. The molecule has 1 unspecified atom stereocenters. The van der Waals surface area contributed by atoms with Crippen LogP contribution in [0.15, 0.2) is 36.5 Å². The molecule has 0 saturated carbocycles. The van der Waals surface area contributed by atoms with Crippen molar-refractivity contribution in [3.63, 3.8) is 0 Å². The van der Waals surface area contributed by atoms with Gasteiger partial charge < -0.3 is 9.64 Å². The number of carbonyl (C=O) groups is 3. The lowest BCUT2D eigenvalue weighted by molar-refractivity contribution is -0.136. The average molecular weight is 390 g/mol. The van der Waals surface area contributed by atoms with Crippen molar-refractivity contribution in [1.82, 2.24) is 20.4 Å². The molecule has 2 N–H and O–H groups in total. The summed E-state index contributed by atoms with van der Waals surface area (Å²) in [5.41, 5.74) is 4.19. The van der Waals surface area contributed by atoms with E-state index in [0.717, 1.165) is 27.6 Å². The van der Waals surface area contributed by atoms with Crippen LogP contribution in [0.2, 0.25) is 0 Å². The number of nitrogens with one attached hydrogen (secondary N) is 2. The number of ether oxygens (including phenoxy) is 1. The third-order valence-corrected chi connectivity index (χ3v) is 5.60. The highest BCUT2D eigenvalue weighted by Gasteiger charge is 2.39. The van der Waals surface area contributed by atoms with Crippen LogP contribution in [0.3, 0.4) is 0 Å². The summed E-state index contributed by atoms with van der Waals surface area (Å²) in [5, 5.41) is 10.2. The van der Waals surface area contributed by atoms with E-state index in [9.17, 15) is 14.4 Å². The van der Waals surface area contributed by atoms with Crippen molar-refractivity contribution in [2.45, 2.75) is 25.4 Å². The first-order valence-corrected chi connectivity index (χ1v) is 9.34. The van der Waals surface area contributed by atoms with Crippen molar-refractivity contribution in [1.29, 1.82) is 0 Å². The van der Waals surface area contributed by atoms with Crippen molar-refractivity contribution in [2.24, 2.45) is 0 Å². The van der Waals surface area contributed by atoms with Gasteiger partial charge in [-0.2, -0.15) is 5.10 Å². The molecule has 0 spiro atoms. The summed E-state index contributed by atoms with van der Waals surface area (Å²) in [5.74, 6) is -0.159. The highest BCUT2D eigenvalue weighted by Crippen LogP contribution is 2.34. The van der Waals surface area contributed by atoms with E-state index in [1.54, 1.807) is 24.3 Å². The number of imide groups is 1. The first kappa shape index (κ1) is 17.4. The molecule has 1 atom stereocenters. The summed E-state index contributed by atoms with van der Waals surface area (Å²) in [6.45, 7) is 0.345. The van der Waals surface area contributed by atoms with Crippen molar-refractivity contribution in [2.75, 3.05) is 7.11 Å². The molecule has 0 aliphatic carbocycles. The van der Waals surface area contributed by atoms with Crippen LogP contribution in [-0.2, 0) is 16.1 Å². The Labute approximate surface area is 165 Å². The first-order chi connectivity index (χ1) is 14.0. The van der Waals surface area contributed by atoms with Gasteiger partial charge in [0, 0.05) is 18.5 Å². The molecule has 0 bridgehead atoms. The summed E-state index contributed by atoms with van der Waals surface area (Å²) in [4.78, 5) is 38.0. The molecule has 3 amide bonds. The van der Waals surface area contributed by atoms with Gasteiger partial charge >= 0.3 is 0 Å². The number of piperidine rings is 1. The Kier molecular flexibility index (Phi) is 3.87. The van der Waals surface area contributed by atoms with Crippen LogP contribution in [0, 0.1) is 0 Å². The van der Waals surface area contributed by atoms with Gasteiger partial charge in [-0.15, -0.1) is 0 Å². The summed E-state index contributed by atoms with van der Waals surface area (Å²) in [6, 6.07) is 8.97. The van der Waals surface area contributed by atoms with Gasteiger partial charge in [0.2, 0.25) is 11.8 Å². The molecule has 3 aromatic rings. The van der Waals surface area contributed by atoms with Crippen LogP contribution < -0.4 is 10.1 Å². The van der Waals surface area contributed by atoms with E-state index < -0.39 is 11.9 Å². The molecule has 29 heavy (non-hydrogen) atoms. The minimum Gasteiger partial charge on any atom is -0.496 e. The van der Waals surface area contributed by atoms with Crippen molar-refractivity contribution >= 4 is 28.6 Å². The number of rotatable bonds is 3. The number of H-pyrrole nitrogens is 1. The van der Waals surface area contributed by atoms with Crippen LogP contribution in [-0.4, -0.2) is 46.0 Å². The van der Waals surface area contributed by atoms with E-state index in [2.05, 4.69) is 15.5 Å². The van der Waals surface area contributed by atoms with Gasteiger partial charge in [-0.05, 0) is 47.4 Å². The number of aromatic amines is 1. The average Bonchev–Trinajstić information content (AvgIpc) is 3.31. The summed E-state index contributed by atoms with van der Waals surface area (Å²) < 4.78 is 5.48. The lowest BCUT2D eigenvalue weighted by Gasteiger charge is -2.29. The Bertz CT molecular complexity index is 1180. The van der Waals surface area contributed by atoms with Crippen LogP contribution in [0.4, 0.5) is 0 Å². The Balaban J connectivity index is 1.49. The molecule has 1 aromatic heterocycles. The van der Waals surface area contributed by atoms with E-state index in [-0.39, 0.29) is 18.2 Å². The highest BCUT2D eigenvalue weighted by molar-refractivity contribution is 6.05. The predicted molar refractivity (Wildman–Crippen MR) is 104 cm³/mol. The number of carbonyl (C=O) groups excluding carboxylic acids is 3. The largest absolute Gasteiger partial charge is 0.496 e. The lowest BCUT2D eigenvalue weighted by atomic mass is 9.99. The molecule has 2 aliphatic heterocycles. The maximum atomic E-state index is 12.8. The Morgan fingerprint density at radius 3 is 2.79 bits per heavy atom. The second-order valence-electron chi connectivity index (χ2n) is 7.28. The maximum absolute atomic E-state index is 12.8. The molecule has 0 radical (unpaired) electrons. The molecule has 5 rings (SSSR count). The number of methoxy groups -OCH3 is 1. The van der Waals surface area contributed by atoms with Crippen molar-refractivity contribution in [3.05, 3.63) is 47.7 Å². The normalized spacial score (nSPS) is 18.9. The van der Waals surface area contributed by atoms with E-state index in [4.69, 9.17) is 4.74 Å². The zero-order valence-corrected chi connectivity index (χ0v) is 15.7. The number of hydrogen-bond acceptors (Lipinski definition) is 5. The minimum absolute atomic E-state index is 0.178. The van der Waals surface area contributed by atoms with Crippen LogP contribution in [0.5, 0.6) is 5.75 Å². The van der Waals surface area contributed by atoms with Gasteiger partial charge in [-0.25, -0.2) is 0 Å². The van der Waals surface area contributed by atoms with Crippen LogP contribution in [0.1, 0.15) is 28.8 Å². The van der Waals surface area contributed by atoms with E-state index in [0.29, 0.717) is 24.3 Å². The maximum Gasteiger partial charge on any atom is 0.255 e. The van der Waals surface area contributed by atoms with Crippen molar-refractivity contribution < 1.29 is 19.1 Å². The molecule has 1 fully saturated rings. The van der Waals surface area contributed by atoms with Gasteiger partial charge in [0.15, 0.2) is 0 Å². The fourth-order valence-electron chi connectivity index (χ4n) is 4.11. The standard InChI is InChI=1S/C21H18N4O4/c1-29-18-8-12(7-16-15(18)9-22-24-16)11-2-3-14-13(6-11)10-25(21(14)28)17-4-5-19(26)23-20(17)27/h2-3,6-9,17H,4-5,10H2,1H3,(H,22,24)(H,23,26,27). The SMILES string of the molecule is COc1cc(-c2ccc3c(c2)CN(C2CCC(=O)NC2=O)C3=O)cc2[nH]ncc12. The topological polar surface area (TPSA) is 104 Å². The Hall–Kier alpha value is -3.68.